The Bertz CT molecular complexity index is 1270. The smallest absolute Gasteiger partial charge is 0.325 e. The monoisotopic (exact) mass is 439 g/mol. The summed E-state index contributed by atoms with van der Waals surface area (Å²) in [6, 6.07) is 11.6. The third kappa shape index (κ3) is 3.73. The summed E-state index contributed by atoms with van der Waals surface area (Å²) < 4.78 is 12.3. The Labute approximate surface area is 180 Å². The highest BCUT2D eigenvalue weighted by Crippen LogP contribution is 2.24. The van der Waals surface area contributed by atoms with Crippen LogP contribution in [0, 0.1) is 0 Å². The van der Waals surface area contributed by atoms with Gasteiger partial charge in [-0.3, -0.25) is 24.1 Å². The van der Waals surface area contributed by atoms with Crippen LogP contribution >= 0.6 is 11.3 Å². The number of ether oxygens (including phenoxy) is 2. The van der Waals surface area contributed by atoms with Crippen LogP contribution in [-0.2, 0) is 20.9 Å². The minimum Gasteiger partial charge on any atom is -0.497 e. The van der Waals surface area contributed by atoms with Crippen LogP contribution in [0.1, 0.15) is 20.7 Å². The van der Waals surface area contributed by atoms with Crippen molar-refractivity contribution in [3.8, 4) is 5.75 Å². The molecule has 0 saturated carbocycles. The maximum Gasteiger partial charge on any atom is 0.325 e. The zero-order chi connectivity index (χ0) is 22.1. The SMILES string of the molecule is COC(=O)Cn1c(=NC(=O)CN2C(=O)c3ccccc3C2=O)sc2cc(OC)ccc21. The Balaban J connectivity index is 1.69. The van der Waals surface area contributed by atoms with E-state index in [0.717, 1.165) is 9.60 Å². The van der Waals surface area contributed by atoms with Gasteiger partial charge in [0.25, 0.3) is 17.7 Å². The number of aromatic nitrogens is 1. The van der Waals surface area contributed by atoms with Crippen molar-refractivity contribution in [1.82, 2.24) is 9.47 Å². The summed E-state index contributed by atoms with van der Waals surface area (Å²) in [5.74, 6) is -1.65. The van der Waals surface area contributed by atoms with Crippen molar-refractivity contribution in [2.45, 2.75) is 6.54 Å². The normalized spacial score (nSPS) is 13.6. The van der Waals surface area contributed by atoms with E-state index in [-0.39, 0.29) is 22.5 Å². The summed E-state index contributed by atoms with van der Waals surface area (Å²) >= 11 is 1.18. The molecule has 1 aliphatic heterocycles. The second-order valence-corrected chi connectivity index (χ2v) is 7.64. The number of carbonyl (C=O) groups is 4. The summed E-state index contributed by atoms with van der Waals surface area (Å²) in [6.45, 7) is -0.649. The van der Waals surface area contributed by atoms with Crippen LogP contribution in [0.25, 0.3) is 10.2 Å². The molecule has 0 spiro atoms. The lowest BCUT2D eigenvalue weighted by atomic mass is 10.1. The second-order valence-electron chi connectivity index (χ2n) is 6.63. The number of methoxy groups -OCH3 is 2. The Kier molecular flexibility index (Phi) is 5.38. The van der Waals surface area contributed by atoms with Crippen LogP contribution in [0.5, 0.6) is 5.75 Å². The van der Waals surface area contributed by atoms with Crippen molar-refractivity contribution in [2.24, 2.45) is 4.99 Å². The van der Waals surface area contributed by atoms with Crippen LogP contribution in [0.2, 0.25) is 0 Å². The lowest BCUT2D eigenvalue weighted by Gasteiger charge is -2.10. The van der Waals surface area contributed by atoms with Crippen LogP contribution in [0.3, 0.4) is 0 Å². The van der Waals surface area contributed by atoms with Crippen molar-refractivity contribution in [1.29, 1.82) is 0 Å². The van der Waals surface area contributed by atoms with Crippen LogP contribution in [0.15, 0.2) is 47.5 Å². The average molecular weight is 439 g/mol. The summed E-state index contributed by atoms with van der Waals surface area (Å²) in [4.78, 5) is 54.7. The molecule has 0 N–H and O–H groups in total. The summed E-state index contributed by atoms with van der Waals surface area (Å²) in [6.07, 6.45) is 0. The number of esters is 1. The van der Waals surface area contributed by atoms with E-state index in [4.69, 9.17) is 9.47 Å². The van der Waals surface area contributed by atoms with Gasteiger partial charge >= 0.3 is 5.97 Å². The molecule has 0 radical (unpaired) electrons. The molecule has 2 heterocycles. The molecule has 4 rings (SSSR count). The molecule has 3 amide bonds. The molecule has 10 heteroatoms. The van der Waals surface area contributed by atoms with E-state index in [2.05, 4.69) is 4.99 Å². The van der Waals surface area contributed by atoms with Gasteiger partial charge in [-0.15, -0.1) is 0 Å². The highest BCUT2D eigenvalue weighted by atomic mass is 32.1. The molecule has 2 aromatic carbocycles. The number of carbonyl (C=O) groups excluding carboxylic acids is 4. The number of thiazole rings is 1. The molecule has 9 nitrogen and oxygen atoms in total. The second kappa shape index (κ2) is 8.15. The maximum atomic E-state index is 12.7. The van der Waals surface area contributed by atoms with E-state index < -0.39 is 30.2 Å². The molecule has 0 bridgehead atoms. The van der Waals surface area contributed by atoms with Crippen molar-refractivity contribution < 1.29 is 28.7 Å². The van der Waals surface area contributed by atoms with Gasteiger partial charge in [-0.2, -0.15) is 4.99 Å². The predicted octanol–water partition coefficient (Wildman–Crippen LogP) is 1.61. The van der Waals surface area contributed by atoms with Gasteiger partial charge in [0.15, 0.2) is 4.80 Å². The van der Waals surface area contributed by atoms with E-state index in [9.17, 15) is 19.2 Å². The molecule has 0 atom stereocenters. The highest BCUT2D eigenvalue weighted by Gasteiger charge is 2.36. The first kappa shape index (κ1) is 20.5. The number of hydrogen-bond donors (Lipinski definition) is 0. The molecule has 158 valence electrons. The molecule has 0 aliphatic carbocycles. The van der Waals surface area contributed by atoms with Gasteiger partial charge in [0.05, 0.1) is 35.6 Å². The Morgan fingerprint density at radius 2 is 1.68 bits per heavy atom. The molecule has 3 aromatic rings. The van der Waals surface area contributed by atoms with Crippen molar-refractivity contribution in [3.63, 3.8) is 0 Å². The third-order valence-corrected chi connectivity index (χ3v) is 5.84. The Morgan fingerprint density at radius 1 is 1.00 bits per heavy atom. The molecular weight excluding hydrogens is 422 g/mol. The van der Waals surface area contributed by atoms with E-state index in [1.165, 1.54) is 25.6 Å². The molecule has 1 aromatic heterocycles. The molecule has 0 fully saturated rings. The van der Waals surface area contributed by atoms with Crippen molar-refractivity contribution in [2.75, 3.05) is 20.8 Å². The van der Waals surface area contributed by atoms with Gasteiger partial charge in [0.2, 0.25) is 0 Å². The number of benzene rings is 2. The number of hydrogen-bond acceptors (Lipinski definition) is 7. The molecule has 1 aliphatic rings. The number of fused-ring (bicyclic) bond motifs is 2. The number of imide groups is 1. The van der Waals surface area contributed by atoms with Gasteiger partial charge in [-0.1, -0.05) is 23.5 Å². The summed E-state index contributed by atoms with van der Waals surface area (Å²) in [5.41, 5.74) is 1.19. The Morgan fingerprint density at radius 3 is 2.29 bits per heavy atom. The lowest BCUT2D eigenvalue weighted by Crippen LogP contribution is -2.35. The van der Waals surface area contributed by atoms with Gasteiger partial charge in [0.1, 0.15) is 18.8 Å². The van der Waals surface area contributed by atoms with Gasteiger partial charge in [0, 0.05) is 0 Å². The largest absolute Gasteiger partial charge is 0.497 e. The lowest BCUT2D eigenvalue weighted by molar-refractivity contribution is -0.141. The zero-order valence-corrected chi connectivity index (χ0v) is 17.5. The third-order valence-electron chi connectivity index (χ3n) is 4.80. The number of rotatable bonds is 5. The first-order valence-electron chi connectivity index (χ1n) is 9.20. The number of nitrogens with zero attached hydrogens (tertiary/aromatic N) is 3. The average Bonchev–Trinajstić information content (AvgIpc) is 3.23. The minimum absolute atomic E-state index is 0.151. The number of amides is 3. The minimum atomic E-state index is -0.688. The fourth-order valence-electron chi connectivity index (χ4n) is 3.27. The quantitative estimate of drug-likeness (QED) is 0.442. The van der Waals surface area contributed by atoms with Crippen molar-refractivity contribution in [3.05, 3.63) is 58.4 Å². The molecule has 31 heavy (non-hydrogen) atoms. The zero-order valence-electron chi connectivity index (χ0n) is 16.7. The predicted molar refractivity (Wildman–Crippen MR) is 111 cm³/mol. The van der Waals surface area contributed by atoms with Crippen LogP contribution in [-0.4, -0.2) is 53.9 Å². The van der Waals surface area contributed by atoms with Gasteiger partial charge in [-0.25, -0.2) is 0 Å². The van der Waals surface area contributed by atoms with Gasteiger partial charge in [-0.05, 0) is 30.3 Å². The van der Waals surface area contributed by atoms with E-state index >= 15 is 0 Å². The van der Waals surface area contributed by atoms with E-state index in [1.807, 2.05) is 0 Å². The standard InChI is InChI=1S/C21H17N3O6S/c1-29-12-7-8-15-16(9-12)31-21(23(15)11-18(26)30-2)22-17(25)10-24-19(27)13-5-3-4-6-14(13)20(24)28/h3-9H,10-11H2,1-2H3. The van der Waals surface area contributed by atoms with Crippen molar-refractivity contribution >= 4 is 45.2 Å². The first-order chi connectivity index (χ1) is 14.9. The first-order valence-corrected chi connectivity index (χ1v) is 10.0. The fraction of sp³-hybridized carbons (Fsp3) is 0.190. The van der Waals surface area contributed by atoms with Crippen LogP contribution in [0.4, 0.5) is 0 Å². The van der Waals surface area contributed by atoms with Crippen LogP contribution < -0.4 is 9.54 Å². The Hall–Kier alpha value is -3.79. The molecule has 0 saturated heterocycles. The highest BCUT2D eigenvalue weighted by molar-refractivity contribution is 7.16. The topological polar surface area (TPSA) is 107 Å². The summed E-state index contributed by atoms with van der Waals surface area (Å²) in [7, 11) is 2.80. The fourth-order valence-corrected chi connectivity index (χ4v) is 4.35. The van der Waals surface area contributed by atoms with Gasteiger partial charge < -0.3 is 14.0 Å². The summed E-state index contributed by atoms with van der Waals surface area (Å²) in [5, 5.41) is 0. The van der Waals surface area contributed by atoms with E-state index in [1.54, 1.807) is 47.0 Å². The molecular formula is C21H17N3O6S. The van der Waals surface area contributed by atoms with E-state index in [0.29, 0.717) is 11.3 Å². The maximum absolute atomic E-state index is 12.7. The molecule has 0 unspecified atom stereocenters.